The minimum atomic E-state index is 0.0311. The molecule has 0 bridgehead atoms. The molecule has 0 saturated carbocycles. The molecule has 2 atom stereocenters. The summed E-state index contributed by atoms with van der Waals surface area (Å²) < 4.78 is 1.09. The third-order valence-corrected chi connectivity index (χ3v) is 4.91. The van der Waals surface area contributed by atoms with E-state index in [1.807, 2.05) is 23.1 Å². The lowest BCUT2D eigenvalue weighted by Crippen LogP contribution is -2.35. The molecule has 6 heteroatoms. The third-order valence-electron chi connectivity index (χ3n) is 4.10. The maximum absolute atomic E-state index is 12.5. The lowest BCUT2D eigenvalue weighted by Gasteiger charge is -2.17. The van der Waals surface area contributed by atoms with E-state index in [2.05, 4.69) is 10.3 Å². The van der Waals surface area contributed by atoms with Crippen molar-refractivity contribution in [3.05, 3.63) is 29.3 Å². The summed E-state index contributed by atoms with van der Waals surface area (Å²) in [5.41, 5.74) is 3.33. The Kier molecular flexibility index (Phi) is 2.53. The minimum absolute atomic E-state index is 0.0311. The quantitative estimate of drug-likeness (QED) is 0.859. The van der Waals surface area contributed by atoms with Crippen LogP contribution in [-0.2, 0) is 4.79 Å². The molecular weight excluding hydrogens is 274 g/mol. The van der Waals surface area contributed by atoms with E-state index in [-0.39, 0.29) is 23.8 Å². The van der Waals surface area contributed by atoms with Crippen LogP contribution in [0.25, 0.3) is 10.2 Å². The molecule has 102 valence electrons. The third kappa shape index (κ3) is 1.79. The van der Waals surface area contributed by atoms with E-state index >= 15 is 0 Å². The number of rotatable bonds is 1. The van der Waals surface area contributed by atoms with Crippen LogP contribution in [0.1, 0.15) is 16.8 Å². The first-order valence-corrected chi connectivity index (χ1v) is 7.50. The Labute approximate surface area is 119 Å². The second kappa shape index (κ2) is 4.28. The van der Waals surface area contributed by atoms with Gasteiger partial charge in [-0.1, -0.05) is 0 Å². The second-order valence-electron chi connectivity index (χ2n) is 5.38. The van der Waals surface area contributed by atoms with Gasteiger partial charge in [-0.3, -0.25) is 9.59 Å². The van der Waals surface area contributed by atoms with Gasteiger partial charge in [-0.15, -0.1) is 11.3 Å². The Hall–Kier alpha value is -1.95. The van der Waals surface area contributed by atoms with Gasteiger partial charge in [0.25, 0.3) is 5.91 Å². The van der Waals surface area contributed by atoms with Crippen molar-refractivity contribution in [1.82, 2.24) is 15.2 Å². The molecule has 3 heterocycles. The van der Waals surface area contributed by atoms with Crippen LogP contribution in [0.15, 0.2) is 23.7 Å². The largest absolute Gasteiger partial charge is 0.351 e. The van der Waals surface area contributed by atoms with E-state index in [9.17, 15) is 9.59 Å². The van der Waals surface area contributed by atoms with Crippen molar-refractivity contribution in [1.29, 1.82) is 0 Å². The van der Waals surface area contributed by atoms with Crippen molar-refractivity contribution in [2.24, 2.45) is 5.92 Å². The molecule has 2 aliphatic rings. The molecule has 1 aromatic heterocycles. The summed E-state index contributed by atoms with van der Waals surface area (Å²) in [7, 11) is 0. The molecule has 2 saturated heterocycles. The smallest absolute Gasteiger partial charge is 0.254 e. The monoisotopic (exact) mass is 287 g/mol. The predicted octanol–water partition coefficient (Wildman–Crippen LogP) is 1.26. The Morgan fingerprint density at radius 3 is 3.15 bits per heavy atom. The fraction of sp³-hybridized carbons (Fsp3) is 0.357. The zero-order valence-electron chi connectivity index (χ0n) is 10.7. The van der Waals surface area contributed by atoms with Gasteiger partial charge in [0.15, 0.2) is 0 Å². The van der Waals surface area contributed by atoms with Crippen LogP contribution >= 0.6 is 11.3 Å². The van der Waals surface area contributed by atoms with Crippen LogP contribution in [0.3, 0.4) is 0 Å². The maximum Gasteiger partial charge on any atom is 0.254 e. The van der Waals surface area contributed by atoms with Crippen molar-refractivity contribution < 1.29 is 9.59 Å². The summed E-state index contributed by atoms with van der Waals surface area (Å²) >= 11 is 1.57. The fourth-order valence-corrected chi connectivity index (χ4v) is 3.74. The number of fused-ring (bicyclic) bond motifs is 2. The number of benzene rings is 1. The zero-order chi connectivity index (χ0) is 13.7. The molecule has 0 aliphatic carbocycles. The molecule has 0 spiro atoms. The maximum atomic E-state index is 12.5. The van der Waals surface area contributed by atoms with Gasteiger partial charge in [-0.25, -0.2) is 4.98 Å². The number of aromatic nitrogens is 1. The van der Waals surface area contributed by atoms with E-state index in [1.54, 1.807) is 16.8 Å². The minimum Gasteiger partial charge on any atom is -0.351 e. The molecule has 2 amide bonds. The summed E-state index contributed by atoms with van der Waals surface area (Å²) in [4.78, 5) is 29.9. The number of nitrogens with one attached hydrogen (secondary N) is 1. The zero-order valence-corrected chi connectivity index (χ0v) is 11.5. The summed E-state index contributed by atoms with van der Waals surface area (Å²) in [5.74, 6) is 0.411. The Morgan fingerprint density at radius 1 is 1.40 bits per heavy atom. The van der Waals surface area contributed by atoms with E-state index in [0.717, 1.165) is 10.2 Å². The van der Waals surface area contributed by atoms with Gasteiger partial charge in [0, 0.05) is 31.0 Å². The van der Waals surface area contributed by atoms with Crippen molar-refractivity contribution >= 4 is 33.4 Å². The van der Waals surface area contributed by atoms with E-state index in [4.69, 9.17) is 0 Å². The van der Waals surface area contributed by atoms with Gasteiger partial charge in [0.1, 0.15) is 0 Å². The molecule has 0 radical (unpaired) electrons. The molecule has 1 N–H and O–H groups in total. The van der Waals surface area contributed by atoms with Crippen molar-refractivity contribution in [3.63, 3.8) is 0 Å². The van der Waals surface area contributed by atoms with Crippen LogP contribution in [0.2, 0.25) is 0 Å². The number of carbonyl (C=O) groups excluding carboxylic acids is 2. The lowest BCUT2D eigenvalue weighted by molar-refractivity contribution is -0.119. The second-order valence-corrected chi connectivity index (χ2v) is 6.27. The molecule has 5 nitrogen and oxygen atoms in total. The highest BCUT2D eigenvalue weighted by atomic mass is 32.1. The number of amides is 2. The molecule has 1 aromatic carbocycles. The van der Waals surface area contributed by atoms with E-state index in [1.165, 1.54) is 0 Å². The summed E-state index contributed by atoms with van der Waals surface area (Å²) in [6.45, 7) is 1.28. The van der Waals surface area contributed by atoms with Gasteiger partial charge in [0.05, 0.1) is 21.8 Å². The van der Waals surface area contributed by atoms with E-state index < -0.39 is 0 Å². The number of nitrogens with zero attached hydrogens (tertiary/aromatic N) is 2. The Bertz CT molecular complexity index is 695. The Balaban J connectivity index is 1.57. The van der Waals surface area contributed by atoms with Crippen molar-refractivity contribution in [3.8, 4) is 0 Å². The average molecular weight is 287 g/mol. The summed E-state index contributed by atoms with van der Waals surface area (Å²) in [6, 6.07) is 5.78. The van der Waals surface area contributed by atoms with Crippen molar-refractivity contribution in [2.45, 2.75) is 12.5 Å². The SMILES string of the molecule is O=C1C[C@H]2CN(C(=O)c3ccc4scnc4c3)C[C@H]2N1. The molecule has 2 aliphatic heterocycles. The first kappa shape index (κ1) is 11.8. The topological polar surface area (TPSA) is 62.3 Å². The van der Waals surface area contributed by atoms with E-state index in [0.29, 0.717) is 25.1 Å². The molecule has 2 fully saturated rings. The molecule has 2 aromatic rings. The number of hydrogen-bond donors (Lipinski definition) is 1. The van der Waals surface area contributed by atoms with Crippen LogP contribution in [0, 0.1) is 5.92 Å². The van der Waals surface area contributed by atoms with Crippen molar-refractivity contribution in [2.75, 3.05) is 13.1 Å². The van der Waals surface area contributed by atoms with Gasteiger partial charge in [-0.05, 0) is 18.2 Å². The number of thiazole rings is 1. The predicted molar refractivity (Wildman–Crippen MR) is 75.6 cm³/mol. The van der Waals surface area contributed by atoms with Gasteiger partial charge in [0.2, 0.25) is 5.91 Å². The molecule has 20 heavy (non-hydrogen) atoms. The van der Waals surface area contributed by atoms with Crippen LogP contribution in [0.4, 0.5) is 0 Å². The highest BCUT2D eigenvalue weighted by molar-refractivity contribution is 7.16. The lowest BCUT2D eigenvalue weighted by atomic mass is 10.1. The summed E-state index contributed by atoms with van der Waals surface area (Å²) in [5, 5.41) is 2.93. The highest BCUT2D eigenvalue weighted by Gasteiger charge is 2.41. The van der Waals surface area contributed by atoms with Crippen LogP contribution in [-0.4, -0.2) is 40.8 Å². The first-order valence-electron chi connectivity index (χ1n) is 6.62. The molecular formula is C14H13N3O2S. The first-order chi connectivity index (χ1) is 9.70. The average Bonchev–Trinajstić information content (AvgIpc) is 3.09. The highest BCUT2D eigenvalue weighted by Crippen LogP contribution is 2.27. The fourth-order valence-electron chi connectivity index (χ4n) is 3.08. The number of likely N-dealkylation sites (tertiary alicyclic amines) is 1. The van der Waals surface area contributed by atoms with Crippen LogP contribution < -0.4 is 5.32 Å². The number of hydrogen-bond acceptors (Lipinski definition) is 4. The standard InChI is InChI=1S/C14H13N3O2S/c18-13-4-9-5-17(6-11(9)16-13)14(19)8-1-2-12-10(3-8)15-7-20-12/h1-3,7,9,11H,4-6H2,(H,16,18)/t9-,11+/m0/s1. The van der Waals surface area contributed by atoms with Gasteiger partial charge < -0.3 is 10.2 Å². The van der Waals surface area contributed by atoms with Gasteiger partial charge in [-0.2, -0.15) is 0 Å². The number of carbonyl (C=O) groups is 2. The molecule has 4 rings (SSSR count). The molecule has 0 unspecified atom stereocenters. The summed E-state index contributed by atoms with van der Waals surface area (Å²) in [6.07, 6.45) is 0.541. The Morgan fingerprint density at radius 2 is 2.30 bits per heavy atom. The van der Waals surface area contributed by atoms with Crippen LogP contribution in [0.5, 0.6) is 0 Å². The normalized spacial score (nSPS) is 25.0. The van der Waals surface area contributed by atoms with Gasteiger partial charge >= 0.3 is 0 Å².